The Labute approximate surface area is 101 Å². The summed E-state index contributed by atoms with van der Waals surface area (Å²) in [6, 6.07) is 4.72. The van der Waals surface area contributed by atoms with E-state index in [9.17, 15) is 9.18 Å². The van der Waals surface area contributed by atoms with E-state index >= 15 is 0 Å². The van der Waals surface area contributed by atoms with E-state index in [0.29, 0.717) is 12.1 Å². The summed E-state index contributed by atoms with van der Waals surface area (Å²) in [6.07, 6.45) is 0.803. The number of hydrogen-bond donors (Lipinski definition) is 1. The van der Waals surface area contributed by atoms with Crippen LogP contribution < -0.4 is 5.32 Å². The minimum Gasteiger partial charge on any atom is -0.344 e. The molecule has 1 amide bonds. The fourth-order valence-corrected chi connectivity index (χ4v) is 2.01. The van der Waals surface area contributed by atoms with Gasteiger partial charge < -0.3 is 10.2 Å². The Hall–Kier alpha value is -1.42. The van der Waals surface area contributed by atoms with Gasteiger partial charge in [-0.25, -0.2) is 4.39 Å². The monoisotopic (exact) mass is 235 g/mol. The van der Waals surface area contributed by atoms with Crippen LogP contribution in [-0.4, -0.2) is 30.4 Å². The molecule has 1 unspecified atom stereocenters. The summed E-state index contributed by atoms with van der Waals surface area (Å²) in [7, 11) is 1.79. The van der Waals surface area contributed by atoms with Crippen molar-refractivity contribution in [3.63, 3.8) is 0 Å². The second-order valence-corrected chi connectivity index (χ2v) is 4.36. The minimum atomic E-state index is -0.306. The topological polar surface area (TPSA) is 32.3 Å². The van der Waals surface area contributed by atoms with Gasteiger partial charge in [0.05, 0.1) is 6.04 Å². The van der Waals surface area contributed by atoms with Crippen molar-refractivity contribution in [3.05, 3.63) is 42.1 Å². The third-order valence-corrected chi connectivity index (χ3v) is 3.18. The highest BCUT2D eigenvalue weighted by molar-refractivity contribution is 5.83. The molecular formula is C13H16FN2O. The smallest absolute Gasteiger partial charge is 0.239 e. The van der Waals surface area contributed by atoms with E-state index in [2.05, 4.69) is 12.2 Å². The maximum atomic E-state index is 13.3. The number of amides is 1. The van der Waals surface area contributed by atoms with Gasteiger partial charge in [0.2, 0.25) is 5.91 Å². The van der Waals surface area contributed by atoms with Gasteiger partial charge in [-0.3, -0.25) is 4.79 Å². The molecule has 91 valence electrons. The van der Waals surface area contributed by atoms with Crippen molar-refractivity contribution in [2.75, 3.05) is 13.6 Å². The Kier molecular flexibility index (Phi) is 3.43. The first-order valence-corrected chi connectivity index (χ1v) is 5.67. The van der Waals surface area contributed by atoms with Gasteiger partial charge in [-0.1, -0.05) is 12.1 Å². The SMILES string of the molecule is [CH2]c1c(F)cccc1CNC1CCN(C)C1=O. The molecule has 0 aromatic heterocycles. The molecule has 4 heteroatoms. The predicted molar refractivity (Wildman–Crippen MR) is 63.7 cm³/mol. The summed E-state index contributed by atoms with van der Waals surface area (Å²) < 4.78 is 13.3. The van der Waals surface area contributed by atoms with Crippen molar-refractivity contribution in [3.8, 4) is 0 Å². The Morgan fingerprint density at radius 1 is 1.59 bits per heavy atom. The lowest BCUT2D eigenvalue weighted by Gasteiger charge is -2.13. The molecule has 0 aliphatic carbocycles. The molecule has 1 fully saturated rings. The zero-order chi connectivity index (χ0) is 12.4. The molecule has 1 radical (unpaired) electrons. The highest BCUT2D eigenvalue weighted by atomic mass is 19.1. The first-order chi connectivity index (χ1) is 8.09. The van der Waals surface area contributed by atoms with E-state index in [1.54, 1.807) is 18.0 Å². The number of nitrogens with one attached hydrogen (secondary N) is 1. The van der Waals surface area contributed by atoms with Crippen LogP contribution in [0.2, 0.25) is 0 Å². The summed E-state index contributed by atoms with van der Waals surface area (Å²) in [5.41, 5.74) is 1.20. The minimum absolute atomic E-state index is 0.104. The zero-order valence-electron chi connectivity index (χ0n) is 9.87. The van der Waals surface area contributed by atoms with Crippen LogP contribution >= 0.6 is 0 Å². The van der Waals surface area contributed by atoms with Crippen LogP contribution in [0.1, 0.15) is 17.5 Å². The average molecular weight is 235 g/mol. The van der Waals surface area contributed by atoms with E-state index in [1.165, 1.54) is 6.07 Å². The van der Waals surface area contributed by atoms with E-state index in [-0.39, 0.29) is 17.8 Å². The number of likely N-dealkylation sites (N-methyl/N-ethyl adjacent to an activating group) is 1. The molecular weight excluding hydrogens is 219 g/mol. The van der Waals surface area contributed by atoms with Crippen molar-refractivity contribution in [2.24, 2.45) is 0 Å². The van der Waals surface area contributed by atoms with Crippen molar-refractivity contribution < 1.29 is 9.18 Å². The summed E-state index contributed by atoms with van der Waals surface area (Å²) in [4.78, 5) is 13.4. The van der Waals surface area contributed by atoms with Crippen molar-refractivity contribution in [1.29, 1.82) is 0 Å². The van der Waals surface area contributed by atoms with Crippen LogP contribution in [0.5, 0.6) is 0 Å². The summed E-state index contributed by atoms with van der Waals surface area (Å²) in [5.74, 6) is -0.203. The number of carbonyl (C=O) groups excluding carboxylic acids is 1. The maximum absolute atomic E-state index is 13.3. The summed E-state index contributed by atoms with van der Waals surface area (Å²) in [5, 5.41) is 3.15. The fraction of sp³-hybridized carbons (Fsp3) is 0.385. The highest BCUT2D eigenvalue weighted by Crippen LogP contribution is 2.14. The number of carbonyl (C=O) groups is 1. The van der Waals surface area contributed by atoms with Gasteiger partial charge in [-0.2, -0.15) is 0 Å². The van der Waals surface area contributed by atoms with Gasteiger partial charge in [-0.05, 0) is 30.5 Å². The number of likely N-dealkylation sites (tertiary alicyclic amines) is 1. The van der Waals surface area contributed by atoms with Crippen LogP contribution in [0.4, 0.5) is 4.39 Å². The third kappa shape index (κ3) is 2.47. The molecule has 1 aliphatic heterocycles. The van der Waals surface area contributed by atoms with Crippen LogP contribution in [-0.2, 0) is 11.3 Å². The Bertz CT molecular complexity index is 433. The number of rotatable bonds is 3. The number of hydrogen-bond acceptors (Lipinski definition) is 2. The van der Waals surface area contributed by atoms with Gasteiger partial charge in [0.1, 0.15) is 5.82 Å². The lowest BCUT2D eigenvalue weighted by atomic mass is 10.1. The Morgan fingerprint density at radius 3 is 3.00 bits per heavy atom. The van der Waals surface area contributed by atoms with E-state index < -0.39 is 0 Å². The summed E-state index contributed by atoms with van der Waals surface area (Å²) in [6.45, 7) is 4.94. The second-order valence-electron chi connectivity index (χ2n) is 4.36. The molecule has 1 aromatic rings. The molecule has 2 rings (SSSR count). The third-order valence-electron chi connectivity index (χ3n) is 3.18. The Morgan fingerprint density at radius 2 is 2.35 bits per heavy atom. The second kappa shape index (κ2) is 4.84. The largest absolute Gasteiger partial charge is 0.344 e. The van der Waals surface area contributed by atoms with Crippen molar-refractivity contribution in [1.82, 2.24) is 10.2 Å². The summed E-state index contributed by atoms with van der Waals surface area (Å²) >= 11 is 0. The lowest BCUT2D eigenvalue weighted by Crippen LogP contribution is -2.36. The maximum Gasteiger partial charge on any atom is 0.239 e. The molecule has 1 aliphatic rings. The number of benzene rings is 1. The van der Waals surface area contributed by atoms with Crippen LogP contribution in [0, 0.1) is 12.7 Å². The van der Waals surface area contributed by atoms with Crippen LogP contribution in [0.15, 0.2) is 18.2 Å². The molecule has 1 heterocycles. The van der Waals surface area contributed by atoms with Gasteiger partial charge in [-0.15, -0.1) is 0 Å². The average Bonchev–Trinajstić information content (AvgIpc) is 2.62. The van der Waals surface area contributed by atoms with Crippen LogP contribution in [0.25, 0.3) is 0 Å². The first kappa shape index (κ1) is 12.0. The molecule has 17 heavy (non-hydrogen) atoms. The molecule has 3 nitrogen and oxygen atoms in total. The highest BCUT2D eigenvalue weighted by Gasteiger charge is 2.28. The molecule has 1 saturated heterocycles. The Balaban J connectivity index is 1.99. The van der Waals surface area contributed by atoms with Gasteiger partial charge in [0.25, 0.3) is 0 Å². The fourth-order valence-electron chi connectivity index (χ4n) is 2.01. The molecule has 1 atom stereocenters. The van der Waals surface area contributed by atoms with E-state index in [1.807, 2.05) is 6.07 Å². The molecule has 0 spiro atoms. The predicted octanol–water partition coefficient (Wildman–Crippen LogP) is 1.33. The van der Waals surface area contributed by atoms with E-state index in [0.717, 1.165) is 18.5 Å². The van der Waals surface area contributed by atoms with E-state index in [4.69, 9.17) is 0 Å². The lowest BCUT2D eigenvalue weighted by molar-refractivity contribution is -0.128. The molecule has 0 saturated carbocycles. The zero-order valence-corrected chi connectivity index (χ0v) is 9.87. The van der Waals surface area contributed by atoms with Gasteiger partial charge in [0.15, 0.2) is 0 Å². The van der Waals surface area contributed by atoms with Crippen LogP contribution in [0.3, 0.4) is 0 Å². The number of halogens is 1. The van der Waals surface area contributed by atoms with Crippen molar-refractivity contribution >= 4 is 5.91 Å². The van der Waals surface area contributed by atoms with Gasteiger partial charge >= 0.3 is 0 Å². The standard InChI is InChI=1S/C13H16FN2O/c1-9-10(4-3-5-11(9)14)8-15-12-6-7-16(2)13(12)17/h3-5,12,15H,1,6-8H2,2H3. The molecule has 1 N–H and O–H groups in total. The van der Waals surface area contributed by atoms with Gasteiger partial charge in [0, 0.05) is 20.1 Å². The van der Waals surface area contributed by atoms with Crippen molar-refractivity contribution in [2.45, 2.75) is 19.0 Å². The normalized spacial score (nSPS) is 20.1. The molecule has 0 bridgehead atoms. The molecule has 1 aromatic carbocycles. The first-order valence-electron chi connectivity index (χ1n) is 5.67. The quantitative estimate of drug-likeness (QED) is 0.857. The number of nitrogens with zero attached hydrogens (tertiary/aromatic N) is 1.